The molecule has 0 spiro atoms. The number of para-hydroxylation sites is 1. The second-order valence-electron chi connectivity index (χ2n) is 5.00. The molecular weight excluding hydrogens is 312 g/mol. The summed E-state index contributed by atoms with van der Waals surface area (Å²) in [6.07, 6.45) is 0. The van der Waals surface area contributed by atoms with Gasteiger partial charge in [-0.25, -0.2) is 0 Å². The van der Waals surface area contributed by atoms with Gasteiger partial charge in [-0.1, -0.05) is 48.0 Å². The number of nitrogens with two attached hydrogens (primary N) is 1. The summed E-state index contributed by atoms with van der Waals surface area (Å²) in [6.45, 7) is 0. The van der Waals surface area contributed by atoms with E-state index in [2.05, 4.69) is 5.32 Å². The minimum Gasteiger partial charge on any atom is -0.366 e. The van der Waals surface area contributed by atoms with Crippen molar-refractivity contribution < 1.29 is 9.59 Å². The van der Waals surface area contributed by atoms with Crippen molar-refractivity contribution in [3.8, 4) is 0 Å². The van der Waals surface area contributed by atoms with Crippen LogP contribution in [0.15, 0.2) is 60.7 Å². The van der Waals surface area contributed by atoms with E-state index in [1.165, 1.54) is 0 Å². The summed E-state index contributed by atoms with van der Waals surface area (Å²) in [5.74, 6) is -0.923. The molecule has 0 saturated heterocycles. The lowest BCUT2D eigenvalue weighted by molar-refractivity contribution is 0.100. The Morgan fingerprint density at radius 1 is 0.826 bits per heavy atom. The third-order valence-electron chi connectivity index (χ3n) is 3.55. The van der Waals surface area contributed by atoms with Crippen LogP contribution in [0.4, 0.5) is 5.69 Å². The van der Waals surface area contributed by atoms with Gasteiger partial charge in [0.25, 0.3) is 11.8 Å². The standard InChI is InChI=1S/C18H13ClN2O2/c19-15-9-4-6-11-12(15)7-3-8-13(11)18(23)21-16-10-2-1-5-14(16)17(20)22/h1-10H,(H2,20,22)(H,21,23). The zero-order chi connectivity index (χ0) is 16.4. The van der Waals surface area contributed by atoms with E-state index in [1.807, 2.05) is 12.1 Å². The molecule has 0 saturated carbocycles. The van der Waals surface area contributed by atoms with Gasteiger partial charge in [-0.15, -0.1) is 0 Å². The summed E-state index contributed by atoms with van der Waals surface area (Å²) in [5.41, 5.74) is 6.45. The lowest BCUT2D eigenvalue weighted by atomic mass is 10.0. The van der Waals surface area contributed by atoms with Crippen LogP contribution in [0.5, 0.6) is 0 Å². The van der Waals surface area contributed by atoms with Crippen LogP contribution >= 0.6 is 11.6 Å². The number of anilines is 1. The number of fused-ring (bicyclic) bond motifs is 1. The average molecular weight is 325 g/mol. The topological polar surface area (TPSA) is 72.2 Å². The number of rotatable bonds is 3. The highest BCUT2D eigenvalue weighted by Crippen LogP contribution is 2.26. The minimum absolute atomic E-state index is 0.263. The van der Waals surface area contributed by atoms with E-state index in [-0.39, 0.29) is 11.5 Å². The zero-order valence-electron chi connectivity index (χ0n) is 12.0. The molecule has 0 aliphatic carbocycles. The quantitative estimate of drug-likeness (QED) is 0.768. The Balaban J connectivity index is 2.03. The molecule has 0 radical (unpaired) electrons. The van der Waals surface area contributed by atoms with Crippen LogP contribution in [-0.4, -0.2) is 11.8 Å². The minimum atomic E-state index is -0.595. The van der Waals surface area contributed by atoms with Crippen molar-refractivity contribution in [1.29, 1.82) is 0 Å². The number of hydrogen-bond acceptors (Lipinski definition) is 2. The van der Waals surface area contributed by atoms with Gasteiger partial charge in [0.15, 0.2) is 0 Å². The molecular formula is C18H13ClN2O2. The van der Waals surface area contributed by atoms with Crippen molar-refractivity contribution in [3.63, 3.8) is 0 Å². The summed E-state index contributed by atoms with van der Waals surface area (Å²) in [5, 5.41) is 4.86. The van der Waals surface area contributed by atoms with Crippen LogP contribution < -0.4 is 11.1 Å². The Morgan fingerprint density at radius 3 is 2.26 bits per heavy atom. The molecule has 3 rings (SSSR count). The highest BCUT2D eigenvalue weighted by atomic mass is 35.5. The first kappa shape index (κ1) is 15.1. The zero-order valence-corrected chi connectivity index (χ0v) is 12.8. The average Bonchev–Trinajstić information content (AvgIpc) is 2.55. The largest absolute Gasteiger partial charge is 0.366 e. The number of benzene rings is 3. The van der Waals surface area contributed by atoms with Crippen molar-refractivity contribution in [2.75, 3.05) is 5.32 Å². The predicted octanol–water partition coefficient (Wildman–Crippen LogP) is 3.84. The van der Waals surface area contributed by atoms with Gasteiger partial charge < -0.3 is 11.1 Å². The Kier molecular flexibility index (Phi) is 4.00. The number of halogens is 1. The molecule has 0 aromatic heterocycles. The van der Waals surface area contributed by atoms with Gasteiger partial charge in [0.2, 0.25) is 0 Å². The molecule has 2 amide bonds. The van der Waals surface area contributed by atoms with Crippen molar-refractivity contribution in [2.45, 2.75) is 0 Å². The number of nitrogens with one attached hydrogen (secondary N) is 1. The van der Waals surface area contributed by atoms with Crippen LogP contribution in [0.3, 0.4) is 0 Å². The first-order valence-corrected chi connectivity index (χ1v) is 7.33. The highest BCUT2D eigenvalue weighted by molar-refractivity contribution is 6.36. The van der Waals surface area contributed by atoms with Crippen LogP contribution in [-0.2, 0) is 0 Å². The molecule has 3 aromatic carbocycles. The molecule has 0 bridgehead atoms. The van der Waals surface area contributed by atoms with Crippen LogP contribution in [0.2, 0.25) is 5.02 Å². The SMILES string of the molecule is NC(=O)c1ccccc1NC(=O)c1cccc2c(Cl)cccc12. The summed E-state index contributed by atoms with van der Waals surface area (Å²) in [7, 11) is 0. The lowest BCUT2D eigenvalue weighted by Gasteiger charge is -2.11. The summed E-state index contributed by atoms with van der Waals surface area (Å²) < 4.78 is 0. The van der Waals surface area contributed by atoms with Gasteiger partial charge in [-0.2, -0.15) is 0 Å². The van der Waals surface area contributed by atoms with E-state index in [1.54, 1.807) is 48.5 Å². The van der Waals surface area contributed by atoms with Crippen LogP contribution in [0.25, 0.3) is 10.8 Å². The van der Waals surface area contributed by atoms with Crippen molar-refractivity contribution in [1.82, 2.24) is 0 Å². The lowest BCUT2D eigenvalue weighted by Crippen LogP contribution is -2.18. The highest BCUT2D eigenvalue weighted by Gasteiger charge is 2.14. The second-order valence-corrected chi connectivity index (χ2v) is 5.41. The first-order chi connectivity index (χ1) is 11.1. The molecule has 114 valence electrons. The number of carbonyl (C=O) groups is 2. The smallest absolute Gasteiger partial charge is 0.256 e. The third kappa shape index (κ3) is 2.89. The Morgan fingerprint density at radius 2 is 1.48 bits per heavy atom. The monoisotopic (exact) mass is 324 g/mol. The van der Waals surface area contributed by atoms with Crippen molar-refractivity contribution in [2.24, 2.45) is 5.73 Å². The Bertz CT molecular complexity index is 922. The van der Waals surface area contributed by atoms with E-state index in [0.717, 1.165) is 10.8 Å². The van der Waals surface area contributed by atoms with E-state index < -0.39 is 5.91 Å². The molecule has 0 aliphatic heterocycles. The molecule has 0 unspecified atom stereocenters. The van der Waals surface area contributed by atoms with Crippen molar-refractivity contribution in [3.05, 3.63) is 76.8 Å². The molecule has 4 nitrogen and oxygen atoms in total. The maximum Gasteiger partial charge on any atom is 0.256 e. The normalized spacial score (nSPS) is 10.5. The fourth-order valence-corrected chi connectivity index (χ4v) is 2.70. The van der Waals surface area contributed by atoms with Crippen LogP contribution in [0.1, 0.15) is 20.7 Å². The van der Waals surface area contributed by atoms with E-state index >= 15 is 0 Å². The summed E-state index contributed by atoms with van der Waals surface area (Å²) >= 11 is 6.17. The third-order valence-corrected chi connectivity index (χ3v) is 3.88. The fourth-order valence-electron chi connectivity index (χ4n) is 2.47. The first-order valence-electron chi connectivity index (χ1n) is 6.95. The maximum atomic E-state index is 12.6. The second kappa shape index (κ2) is 6.10. The van der Waals surface area contributed by atoms with E-state index in [4.69, 9.17) is 17.3 Å². The summed E-state index contributed by atoms with van der Waals surface area (Å²) in [4.78, 5) is 24.1. The number of carbonyl (C=O) groups excluding carboxylic acids is 2. The summed E-state index contributed by atoms with van der Waals surface area (Å²) in [6, 6.07) is 17.3. The van der Waals surface area contributed by atoms with Gasteiger partial charge in [-0.05, 0) is 29.7 Å². The Hall–Kier alpha value is -2.85. The maximum absolute atomic E-state index is 12.6. The molecule has 3 aromatic rings. The number of amides is 2. The molecule has 0 fully saturated rings. The van der Waals surface area contributed by atoms with E-state index in [0.29, 0.717) is 16.3 Å². The molecule has 23 heavy (non-hydrogen) atoms. The molecule has 0 atom stereocenters. The molecule has 5 heteroatoms. The van der Waals surface area contributed by atoms with E-state index in [9.17, 15) is 9.59 Å². The number of primary amides is 1. The molecule has 0 heterocycles. The molecule has 0 aliphatic rings. The fraction of sp³-hybridized carbons (Fsp3) is 0. The van der Waals surface area contributed by atoms with Crippen molar-refractivity contribution >= 4 is 39.9 Å². The van der Waals surface area contributed by atoms with Gasteiger partial charge >= 0.3 is 0 Å². The van der Waals surface area contributed by atoms with Gasteiger partial charge in [-0.3, -0.25) is 9.59 Å². The van der Waals surface area contributed by atoms with Gasteiger partial charge in [0, 0.05) is 16.0 Å². The van der Waals surface area contributed by atoms with Gasteiger partial charge in [0.05, 0.1) is 11.3 Å². The predicted molar refractivity (Wildman–Crippen MR) is 91.9 cm³/mol. The molecule has 3 N–H and O–H groups in total. The number of hydrogen-bond donors (Lipinski definition) is 2. The van der Waals surface area contributed by atoms with Gasteiger partial charge in [0.1, 0.15) is 0 Å². The Labute approximate surface area is 137 Å². The van der Waals surface area contributed by atoms with Crippen LogP contribution in [0, 0.1) is 0 Å².